The summed E-state index contributed by atoms with van der Waals surface area (Å²) in [5, 5.41) is 12.5. The predicted octanol–water partition coefficient (Wildman–Crippen LogP) is 3.31. The molecule has 4 heteroatoms. The molecule has 0 radical (unpaired) electrons. The smallest absolute Gasteiger partial charge is 0.335 e. The van der Waals surface area contributed by atoms with Crippen molar-refractivity contribution in [2.75, 3.05) is 5.32 Å². The molecule has 1 fully saturated rings. The predicted molar refractivity (Wildman–Crippen MR) is 81.8 cm³/mol. The summed E-state index contributed by atoms with van der Waals surface area (Å²) in [7, 11) is 0. The molecule has 1 aromatic heterocycles. The lowest BCUT2D eigenvalue weighted by atomic mass is 10.1. The number of carbonyl (C=O) groups is 1. The number of aryl methyl sites for hydroxylation is 1. The summed E-state index contributed by atoms with van der Waals surface area (Å²) in [5.41, 5.74) is 2.41. The van der Waals surface area contributed by atoms with E-state index in [1.165, 1.54) is 5.56 Å². The third-order valence-electron chi connectivity index (χ3n) is 3.84. The van der Waals surface area contributed by atoms with Crippen LogP contribution in [0.4, 0.5) is 5.82 Å². The lowest BCUT2D eigenvalue weighted by Gasteiger charge is -2.08. The molecular weight excluding hydrogens is 264 g/mol. The number of benzene rings is 1. The largest absolute Gasteiger partial charge is 0.478 e. The Hall–Kier alpha value is -2.36. The van der Waals surface area contributed by atoms with Crippen molar-refractivity contribution in [1.29, 1.82) is 0 Å². The van der Waals surface area contributed by atoms with Crippen molar-refractivity contribution >= 4 is 11.8 Å². The second-order valence-electron chi connectivity index (χ2n) is 5.39. The Kier molecular flexibility index (Phi) is 3.60. The number of rotatable bonds is 5. The third kappa shape index (κ3) is 3.05. The van der Waals surface area contributed by atoms with Crippen LogP contribution in [-0.2, 0) is 6.42 Å². The van der Waals surface area contributed by atoms with E-state index in [0.717, 1.165) is 18.5 Å². The second-order valence-corrected chi connectivity index (χ2v) is 5.39. The molecular formula is C17H18N2O2. The van der Waals surface area contributed by atoms with Gasteiger partial charge in [-0.25, -0.2) is 9.78 Å². The van der Waals surface area contributed by atoms with E-state index in [-0.39, 0.29) is 0 Å². The monoisotopic (exact) mass is 282 g/mol. The zero-order chi connectivity index (χ0) is 14.8. The molecule has 1 aliphatic carbocycles. The quantitative estimate of drug-likeness (QED) is 0.883. The molecule has 0 bridgehead atoms. The van der Waals surface area contributed by atoms with Gasteiger partial charge in [-0.3, -0.25) is 0 Å². The van der Waals surface area contributed by atoms with Crippen LogP contribution in [0.1, 0.15) is 40.9 Å². The van der Waals surface area contributed by atoms with Gasteiger partial charge in [-0.1, -0.05) is 37.3 Å². The maximum absolute atomic E-state index is 11.2. The fraction of sp³-hybridized carbons (Fsp3) is 0.294. The normalized spacial score (nSPS) is 20.0. The van der Waals surface area contributed by atoms with Crippen LogP contribution in [0.25, 0.3) is 0 Å². The molecule has 0 spiro atoms. The highest BCUT2D eigenvalue weighted by Crippen LogP contribution is 2.42. The zero-order valence-electron chi connectivity index (χ0n) is 11.9. The van der Waals surface area contributed by atoms with Crippen LogP contribution in [0.3, 0.4) is 0 Å². The van der Waals surface area contributed by atoms with Crippen molar-refractivity contribution in [2.24, 2.45) is 0 Å². The first-order chi connectivity index (χ1) is 10.2. The Balaban J connectivity index is 1.74. The van der Waals surface area contributed by atoms with E-state index >= 15 is 0 Å². The second kappa shape index (κ2) is 5.56. The van der Waals surface area contributed by atoms with E-state index in [1.807, 2.05) is 25.1 Å². The minimum Gasteiger partial charge on any atom is -0.478 e. The van der Waals surface area contributed by atoms with Gasteiger partial charge in [-0.2, -0.15) is 0 Å². The van der Waals surface area contributed by atoms with Crippen molar-refractivity contribution in [3.63, 3.8) is 0 Å². The van der Waals surface area contributed by atoms with Gasteiger partial charge < -0.3 is 10.4 Å². The molecule has 1 saturated carbocycles. The first kappa shape index (κ1) is 13.6. The summed E-state index contributed by atoms with van der Waals surface area (Å²) >= 11 is 0. The molecule has 2 unspecified atom stereocenters. The van der Waals surface area contributed by atoms with Crippen LogP contribution >= 0.6 is 0 Å². The van der Waals surface area contributed by atoms with Gasteiger partial charge in [0.05, 0.1) is 5.56 Å². The Labute approximate surface area is 123 Å². The van der Waals surface area contributed by atoms with E-state index in [0.29, 0.717) is 23.3 Å². The van der Waals surface area contributed by atoms with Crippen molar-refractivity contribution in [3.05, 3.63) is 59.3 Å². The molecule has 1 aromatic carbocycles. The lowest BCUT2D eigenvalue weighted by Crippen LogP contribution is -2.09. The van der Waals surface area contributed by atoms with Crippen LogP contribution in [0.2, 0.25) is 0 Å². The van der Waals surface area contributed by atoms with Crippen LogP contribution < -0.4 is 5.32 Å². The highest BCUT2D eigenvalue weighted by Gasteiger charge is 2.38. The maximum Gasteiger partial charge on any atom is 0.335 e. The van der Waals surface area contributed by atoms with Crippen molar-refractivity contribution in [3.8, 4) is 0 Å². The van der Waals surface area contributed by atoms with E-state index in [4.69, 9.17) is 5.11 Å². The van der Waals surface area contributed by atoms with E-state index in [1.54, 1.807) is 12.1 Å². The highest BCUT2D eigenvalue weighted by atomic mass is 16.4. The van der Waals surface area contributed by atoms with Gasteiger partial charge in [0.15, 0.2) is 0 Å². The summed E-state index contributed by atoms with van der Waals surface area (Å²) < 4.78 is 0. The Bertz CT molecular complexity index is 655. The van der Waals surface area contributed by atoms with Gasteiger partial charge in [0.25, 0.3) is 0 Å². The van der Waals surface area contributed by atoms with Crippen LogP contribution in [0.5, 0.6) is 0 Å². The fourth-order valence-electron chi connectivity index (χ4n) is 2.58. The van der Waals surface area contributed by atoms with Crippen molar-refractivity contribution < 1.29 is 9.90 Å². The molecule has 3 rings (SSSR count). The summed E-state index contributed by atoms with van der Waals surface area (Å²) in [4.78, 5) is 15.6. The average molecular weight is 282 g/mol. The van der Waals surface area contributed by atoms with Gasteiger partial charge in [-0.15, -0.1) is 0 Å². The standard InChI is InChI=1S/C17H18N2O2/c1-2-13-8-12(17(20)21)9-16(18-13)19-15-10-14(15)11-6-4-3-5-7-11/h3-9,14-15H,2,10H2,1H3,(H,18,19)(H,20,21). The number of hydrogen-bond donors (Lipinski definition) is 2. The molecule has 21 heavy (non-hydrogen) atoms. The molecule has 4 nitrogen and oxygen atoms in total. The van der Waals surface area contributed by atoms with Gasteiger partial charge in [-0.05, 0) is 30.5 Å². The summed E-state index contributed by atoms with van der Waals surface area (Å²) in [6.45, 7) is 1.97. The fourth-order valence-corrected chi connectivity index (χ4v) is 2.58. The molecule has 2 N–H and O–H groups in total. The Morgan fingerprint density at radius 2 is 2.10 bits per heavy atom. The number of carboxylic acids is 1. The molecule has 0 aliphatic heterocycles. The minimum atomic E-state index is -0.912. The number of carboxylic acid groups (broad SMARTS) is 1. The van der Waals surface area contributed by atoms with E-state index in [2.05, 4.69) is 22.4 Å². The van der Waals surface area contributed by atoms with E-state index < -0.39 is 5.97 Å². The van der Waals surface area contributed by atoms with E-state index in [9.17, 15) is 4.79 Å². The summed E-state index contributed by atoms with van der Waals surface area (Å²) in [6, 6.07) is 14.0. The summed E-state index contributed by atoms with van der Waals surface area (Å²) in [6.07, 6.45) is 1.78. The topological polar surface area (TPSA) is 62.2 Å². The number of aromatic carboxylic acids is 1. The zero-order valence-corrected chi connectivity index (χ0v) is 11.9. The molecule has 2 atom stereocenters. The molecule has 1 heterocycles. The van der Waals surface area contributed by atoms with Crippen LogP contribution in [-0.4, -0.2) is 22.1 Å². The number of hydrogen-bond acceptors (Lipinski definition) is 3. The molecule has 2 aromatic rings. The van der Waals surface area contributed by atoms with Gasteiger partial charge >= 0.3 is 5.97 Å². The molecule has 0 saturated heterocycles. The average Bonchev–Trinajstić information content (AvgIpc) is 3.27. The van der Waals surface area contributed by atoms with Gasteiger partial charge in [0.1, 0.15) is 5.82 Å². The van der Waals surface area contributed by atoms with Crippen molar-refractivity contribution in [2.45, 2.75) is 31.7 Å². The lowest BCUT2D eigenvalue weighted by molar-refractivity contribution is 0.0696. The van der Waals surface area contributed by atoms with Crippen LogP contribution in [0, 0.1) is 0 Å². The number of nitrogens with zero attached hydrogens (tertiary/aromatic N) is 1. The molecule has 0 amide bonds. The van der Waals surface area contributed by atoms with Gasteiger partial charge in [0, 0.05) is 17.7 Å². The minimum absolute atomic E-state index is 0.293. The number of anilines is 1. The van der Waals surface area contributed by atoms with Crippen molar-refractivity contribution in [1.82, 2.24) is 4.98 Å². The maximum atomic E-state index is 11.2. The number of pyridine rings is 1. The SMILES string of the molecule is CCc1cc(C(=O)O)cc(NC2CC2c2ccccc2)n1. The third-order valence-corrected chi connectivity index (χ3v) is 3.84. The molecule has 1 aliphatic rings. The Morgan fingerprint density at radius 1 is 1.33 bits per heavy atom. The first-order valence-electron chi connectivity index (χ1n) is 7.23. The van der Waals surface area contributed by atoms with Gasteiger partial charge in [0.2, 0.25) is 0 Å². The first-order valence-corrected chi connectivity index (χ1v) is 7.23. The number of aromatic nitrogens is 1. The Morgan fingerprint density at radius 3 is 2.76 bits per heavy atom. The summed E-state index contributed by atoms with van der Waals surface area (Å²) in [5.74, 6) is 0.243. The highest BCUT2D eigenvalue weighted by molar-refractivity contribution is 5.88. The number of nitrogens with one attached hydrogen (secondary N) is 1. The van der Waals surface area contributed by atoms with Crippen LogP contribution in [0.15, 0.2) is 42.5 Å². The molecule has 108 valence electrons.